The van der Waals surface area contributed by atoms with Crippen LogP contribution in [0.4, 0.5) is 5.69 Å². The van der Waals surface area contributed by atoms with Gasteiger partial charge in [-0.25, -0.2) is 4.98 Å². The molecule has 8 heteroatoms. The van der Waals surface area contributed by atoms with Crippen LogP contribution in [-0.4, -0.2) is 57.3 Å². The molecule has 1 aromatic heterocycles. The van der Waals surface area contributed by atoms with Crippen molar-refractivity contribution in [2.45, 2.75) is 6.54 Å². The predicted molar refractivity (Wildman–Crippen MR) is 138 cm³/mol. The van der Waals surface area contributed by atoms with Crippen LogP contribution in [0.15, 0.2) is 72.8 Å². The fourth-order valence-corrected chi connectivity index (χ4v) is 4.47. The number of aromatic nitrogens is 2. The first kappa shape index (κ1) is 23.1. The van der Waals surface area contributed by atoms with Crippen LogP contribution >= 0.6 is 11.6 Å². The first-order chi connectivity index (χ1) is 17.0. The number of carbonyl (C=O) groups excluding carboxylic acids is 2. The summed E-state index contributed by atoms with van der Waals surface area (Å²) in [5, 5.41) is 3.52. The molecular formula is C27H26ClN5O2. The molecule has 0 atom stereocenters. The summed E-state index contributed by atoms with van der Waals surface area (Å²) in [5.74, 6) is 0.838. The van der Waals surface area contributed by atoms with Crippen molar-refractivity contribution >= 4 is 40.1 Å². The molecule has 1 N–H and O–H groups in total. The molecule has 0 spiro atoms. The number of hydrogen-bond donors (Lipinski definition) is 1. The highest BCUT2D eigenvalue weighted by molar-refractivity contribution is 6.30. The number of rotatable bonds is 5. The van der Waals surface area contributed by atoms with Crippen LogP contribution in [0.25, 0.3) is 11.0 Å². The topological polar surface area (TPSA) is 70.5 Å². The van der Waals surface area contributed by atoms with Gasteiger partial charge in [-0.15, -0.1) is 0 Å². The van der Waals surface area contributed by atoms with Gasteiger partial charge in [0, 0.05) is 55.1 Å². The Balaban J connectivity index is 1.23. The van der Waals surface area contributed by atoms with Crippen molar-refractivity contribution in [1.29, 1.82) is 0 Å². The smallest absolute Gasteiger partial charge is 0.255 e. The largest absolute Gasteiger partial charge is 0.336 e. The molecule has 35 heavy (non-hydrogen) atoms. The first-order valence-corrected chi connectivity index (χ1v) is 11.9. The summed E-state index contributed by atoms with van der Waals surface area (Å²) < 4.78 is 2.08. The Morgan fingerprint density at radius 2 is 1.63 bits per heavy atom. The number of fused-ring (bicyclic) bond motifs is 1. The van der Waals surface area contributed by atoms with E-state index < -0.39 is 0 Å². The lowest BCUT2D eigenvalue weighted by Crippen LogP contribution is -2.48. The van der Waals surface area contributed by atoms with Gasteiger partial charge >= 0.3 is 0 Å². The molecule has 5 rings (SSSR count). The molecule has 0 unspecified atom stereocenters. The van der Waals surface area contributed by atoms with Gasteiger partial charge in [-0.1, -0.05) is 29.8 Å². The standard InChI is InChI=1S/C27H26ClN5O2/c1-31-24-12-11-22(29-26(34)19-7-9-21(28)10-8-19)17-23(24)30-25(31)18-32-13-15-33(16-14-32)27(35)20-5-3-2-4-6-20/h2-12,17H,13-16,18H2,1H3,(H,29,34). The molecule has 1 saturated heterocycles. The maximum absolute atomic E-state index is 12.7. The minimum atomic E-state index is -0.194. The van der Waals surface area contributed by atoms with E-state index in [0.29, 0.717) is 35.9 Å². The summed E-state index contributed by atoms with van der Waals surface area (Å²) in [7, 11) is 2.01. The zero-order chi connectivity index (χ0) is 24.4. The van der Waals surface area contributed by atoms with Crippen molar-refractivity contribution in [3.8, 4) is 0 Å². The first-order valence-electron chi connectivity index (χ1n) is 11.6. The number of amides is 2. The van der Waals surface area contributed by atoms with Crippen LogP contribution in [0.2, 0.25) is 5.02 Å². The third-order valence-corrected chi connectivity index (χ3v) is 6.63. The van der Waals surface area contributed by atoms with E-state index in [1.54, 1.807) is 24.3 Å². The van der Waals surface area contributed by atoms with E-state index in [1.807, 2.05) is 60.5 Å². The molecule has 2 heterocycles. The lowest BCUT2D eigenvalue weighted by atomic mass is 10.2. The average molecular weight is 488 g/mol. The number of nitrogens with zero attached hydrogens (tertiary/aromatic N) is 4. The van der Waals surface area contributed by atoms with Gasteiger partial charge in [-0.3, -0.25) is 14.5 Å². The van der Waals surface area contributed by atoms with Gasteiger partial charge in [0.1, 0.15) is 5.82 Å². The maximum Gasteiger partial charge on any atom is 0.255 e. The highest BCUT2D eigenvalue weighted by Crippen LogP contribution is 2.22. The fraction of sp³-hybridized carbons (Fsp3) is 0.222. The molecule has 0 aliphatic carbocycles. The molecule has 1 aliphatic heterocycles. The molecule has 178 valence electrons. The second-order valence-electron chi connectivity index (χ2n) is 8.69. The third kappa shape index (κ3) is 5.06. The normalized spacial score (nSPS) is 14.3. The number of hydrogen-bond acceptors (Lipinski definition) is 4. The molecule has 7 nitrogen and oxygen atoms in total. The predicted octanol–water partition coefficient (Wildman–Crippen LogP) is 4.44. The van der Waals surface area contributed by atoms with Crippen molar-refractivity contribution in [3.05, 3.63) is 94.8 Å². The van der Waals surface area contributed by atoms with Gasteiger partial charge in [0.15, 0.2) is 0 Å². The van der Waals surface area contributed by atoms with Gasteiger partial charge < -0.3 is 14.8 Å². The summed E-state index contributed by atoms with van der Waals surface area (Å²) in [6, 6.07) is 22.0. The van der Waals surface area contributed by atoms with E-state index in [0.717, 1.165) is 35.5 Å². The second kappa shape index (κ2) is 9.90. The van der Waals surface area contributed by atoms with Crippen LogP contribution in [0.3, 0.4) is 0 Å². The Labute approximate surface area is 208 Å². The van der Waals surface area contributed by atoms with E-state index in [4.69, 9.17) is 16.6 Å². The molecular weight excluding hydrogens is 462 g/mol. The van der Waals surface area contributed by atoms with Crippen molar-refractivity contribution in [3.63, 3.8) is 0 Å². The Bertz CT molecular complexity index is 1360. The molecule has 4 aromatic rings. The van der Waals surface area contributed by atoms with Crippen molar-refractivity contribution in [2.75, 3.05) is 31.5 Å². The number of piperazine rings is 1. The summed E-state index contributed by atoms with van der Waals surface area (Å²) in [5.41, 5.74) is 3.79. The van der Waals surface area contributed by atoms with Crippen LogP contribution < -0.4 is 5.32 Å². The van der Waals surface area contributed by atoms with E-state index in [9.17, 15) is 9.59 Å². The Morgan fingerprint density at radius 3 is 2.34 bits per heavy atom. The Kier molecular flexibility index (Phi) is 6.53. The SMILES string of the molecule is Cn1c(CN2CCN(C(=O)c3ccccc3)CC2)nc2cc(NC(=O)c3ccc(Cl)cc3)ccc21. The molecule has 1 fully saturated rings. The number of benzene rings is 3. The summed E-state index contributed by atoms with van der Waals surface area (Å²) >= 11 is 5.91. The minimum Gasteiger partial charge on any atom is -0.336 e. The lowest BCUT2D eigenvalue weighted by Gasteiger charge is -2.34. The number of nitrogens with one attached hydrogen (secondary N) is 1. The van der Waals surface area contributed by atoms with Crippen LogP contribution in [0.5, 0.6) is 0 Å². The van der Waals surface area contributed by atoms with Crippen LogP contribution in [-0.2, 0) is 13.6 Å². The Hall–Kier alpha value is -3.68. The average Bonchev–Trinajstić information content (AvgIpc) is 3.19. The van der Waals surface area contributed by atoms with Crippen LogP contribution in [0.1, 0.15) is 26.5 Å². The molecule has 2 amide bonds. The van der Waals surface area contributed by atoms with E-state index in [1.165, 1.54) is 0 Å². The zero-order valence-electron chi connectivity index (χ0n) is 19.4. The number of carbonyl (C=O) groups is 2. The number of imidazole rings is 1. The van der Waals surface area contributed by atoms with E-state index >= 15 is 0 Å². The summed E-state index contributed by atoms with van der Waals surface area (Å²) in [6.07, 6.45) is 0. The van der Waals surface area contributed by atoms with Gasteiger partial charge in [-0.2, -0.15) is 0 Å². The molecule has 0 saturated carbocycles. The highest BCUT2D eigenvalue weighted by Gasteiger charge is 2.23. The number of halogens is 1. The molecule has 1 aliphatic rings. The summed E-state index contributed by atoms with van der Waals surface area (Å²) in [6.45, 7) is 3.68. The monoisotopic (exact) mass is 487 g/mol. The van der Waals surface area contributed by atoms with Crippen molar-refractivity contribution < 1.29 is 9.59 Å². The number of anilines is 1. The lowest BCUT2D eigenvalue weighted by molar-refractivity contribution is 0.0624. The van der Waals surface area contributed by atoms with Crippen molar-refractivity contribution in [2.24, 2.45) is 7.05 Å². The maximum atomic E-state index is 12.7. The zero-order valence-corrected chi connectivity index (χ0v) is 20.2. The Morgan fingerprint density at radius 1 is 0.914 bits per heavy atom. The van der Waals surface area contributed by atoms with Crippen LogP contribution in [0, 0.1) is 0 Å². The van der Waals surface area contributed by atoms with Gasteiger partial charge in [0.05, 0.1) is 17.6 Å². The second-order valence-corrected chi connectivity index (χ2v) is 9.12. The van der Waals surface area contributed by atoms with E-state index in [-0.39, 0.29) is 11.8 Å². The quantitative estimate of drug-likeness (QED) is 0.452. The van der Waals surface area contributed by atoms with Gasteiger partial charge in [0.25, 0.3) is 11.8 Å². The van der Waals surface area contributed by atoms with Gasteiger partial charge in [-0.05, 0) is 54.6 Å². The molecule has 3 aromatic carbocycles. The fourth-order valence-electron chi connectivity index (χ4n) is 4.35. The molecule has 0 radical (unpaired) electrons. The molecule has 0 bridgehead atoms. The van der Waals surface area contributed by atoms with E-state index in [2.05, 4.69) is 14.8 Å². The third-order valence-electron chi connectivity index (χ3n) is 6.38. The van der Waals surface area contributed by atoms with Crippen molar-refractivity contribution in [1.82, 2.24) is 19.4 Å². The van der Waals surface area contributed by atoms with Gasteiger partial charge in [0.2, 0.25) is 0 Å². The minimum absolute atomic E-state index is 0.0844. The number of aryl methyl sites for hydroxylation is 1. The highest BCUT2D eigenvalue weighted by atomic mass is 35.5. The summed E-state index contributed by atoms with van der Waals surface area (Å²) in [4.78, 5) is 34.3.